The number of aryl methyl sites for hydroxylation is 1. The molecule has 0 spiro atoms. The van der Waals surface area contributed by atoms with E-state index < -0.39 is 86.8 Å². The van der Waals surface area contributed by atoms with E-state index in [0.29, 0.717) is 24.2 Å². The number of fused-ring (bicyclic) bond motifs is 3. The van der Waals surface area contributed by atoms with Crippen molar-refractivity contribution < 1.29 is 45.7 Å². The summed E-state index contributed by atoms with van der Waals surface area (Å²) in [5.41, 5.74) is 1.37. The Morgan fingerprint density at radius 3 is 2.15 bits per heavy atom. The fourth-order valence-corrected chi connectivity index (χ4v) is 8.48. The average Bonchev–Trinajstić information content (AvgIpc) is 3.99. The van der Waals surface area contributed by atoms with Crippen LogP contribution < -0.4 is 15.4 Å². The molecule has 1 unspecified atom stereocenters. The van der Waals surface area contributed by atoms with E-state index in [9.17, 15) is 36.4 Å². The summed E-state index contributed by atoms with van der Waals surface area (Å²) in [4.78, 5) is 62.4. The van der Waals surface area contributed by atoms with Crippen LogP contribution in [0.25, 0.3) is 11.1 Å². The molecule has 1 saturated heterocycles. The van der Waals surface area contributed by atoms with Crippen LogP contribution in [-0.2, 0) is 29.2 Å². The summed E-state index contributed by atoms with van der Waals surface area (Å²) in [7, 11) is -4.13. The van der Waals surface area contributed by atoms with Gasteiger partial charge in [0, 0.05) is 23.6 Å². The first-order valence-corrected chi connectivity index (χ1v) is 19.2. The molecule has 286 valence electrons. The number of sulfonamides is 1. The van der Waals surface area contributed by atoms with Gasteiger partial charge in [-0.2, -0.15) is 0 Å². The van der Waals surface area contributed by atoms with Gasteiger partial charge in [0.15, 0.2) is 0 Å². The fourth-order valence-electron chi connectivity index (χ4n) is 7.11. The van der Waals surface area contributed by atoms with E-state index >= 15 is 0 Å². The van der Waals surface area contributed by atoms with Crippen LogP contribution in [0.4, 0.5) is 8.78 Å². The zero-order valence-corrected chi connectivity index (χ0v) is 30.8. The highest BCUT2D eigenvalue weighted by Gasteiger charge is 2.67. The Hall–Kier alpha value is -5.19. The number of benzene rings is 2. The summed E-state index contributed by atoms with van der Waals surface area (Å²) in [5, 5.41) is 12.5. The van der Waals surface area contributed by atoms with Gasteiger partial charge in [-0.1, -0.05) is 79.6 Å². The van der Waals surface area contributed by atoms with Crippen LogP contribution in [0.5, 0.6) is 0 Å². The smallest absolute Gasteiger partial charge is 0.290 e. The van der Waals surface area contributed by atoms with Gasteiger partial charge in [0.1, 0.15) is 29.4 Å². The molecule has 2 aromatic carbocycles. The molecule has 2 saturated carbocycles. The summed E-state index contributed by atoms with van der Waals surface area (Å²) in [6.07, 6.45) is -3.97. The van der Waals surface area contributed by atoms with Crippen LogP contribution in [0.1, 0.15) is 73.8 Å². The molecule has 0 bridgehead atoms. The van der Waals surface area contributed by atoms with Gasteiger partial charge in [0.2, 0.25) is 34.0 Å². The zero-order chi connectivity index (χ0) is 38.7. The average molecular weight is 767 g/mol. The van der Waals surface area contributed by atoms with E-state index in [0.717, 1.165) is 22.3 Å². The number of likely N-dealkylation sites (tertiary alicyclic amines) is 1. The summed E-state index contributed by atoms with van der Waals surface area (Å²) < 4.78 is 60.4. The predicted octanol–water partition coefficient (Wildman–Crippen LogP) is 3.30. The normalized spacial score (nSPS) is 23.6. The van der Waals surface area contributed by atoms with E-state index in [2.05, 4.69) is 20.9 Å². The minimum atomic E-state index is -4.13. The molecule has 4 amide bonds. The zero-order valence-electron chi connectivity index (χ0n) is 30.0. The maximum absolute atomic E-state index is 14.5. The van der Waals surface area contributed by atoms with Gasteiger partial charge in [-0.3, -0.25) is 23.9 Å². The van der Waals surface area contributed by atoms with Gasteiger partial charge >= 0.3 is 0 Å². The molecule has 1 aliphatic heterocycles. The summed E-state index contributed by atoms with van der Waals surface area (Å²) in [6, 6.07) is 14.0. The maximum atomic E-state index is 14.5. The van der Waals surface area contributed by atoms with Crippen molar-refractivity contribution in [3.05, 3.63) is 77.2 Å². The lowest BCUT2D eigenvalue weighted by atomic mass is 9.85. The number of nitrogens with one attached hydrogen (secondary N) is 3. The van der Waals surface area contributed by atoms with E-state index in [4.69, 9.17) is 9.36 Å². The van der Waals surface area contributed by atoms with Crippen LogP contribution in [0.3, 0.4) is 0 Å². The minimum absolute atomic E-state index is 0.139. The lowest BCUT2D eigenvalue weighted by Gasteiger charge is -2.35. The van der Waals surface area contributed by atoms with Gasteiger partial charge in [-0.25, -0.2) is 17.2 Å². The second kappa shape index (κ2) is 13.6. The third-order valence-corrected chi connectivity index (χ3v) is 12.1. The standard InChI is InChI=1S/C37H40F2N6O8S/c1-19-15-28(53-42-19)33(47)40-30(36(2,3)4)34(48)45-18-20(52-43-29-24-11-7-5-9-22(24)23-10-6-8-12-25(23)29)16-27(45)32(46)41-37(17-26(37)31(38)39)35(49)44-54(50,51)21-13-14-21/h5-12,15,20-21,26-27,30-31H,13-14,16-18H2,1-4H3,(H,40,47)(H,41,46)(H,44,49)/t20-,26+,27?,30-,37+/m1/s1. The number of carbonyl (C=O) groups excluding carboxylic acids is 4. The Labute approximate surface area is 310 Å². The van der Waals surface area contributed by atoms with E-state index in [1.807, 2.05) is 53.3 Å². The SMILES string of the molecule is Cc1cc(C(=O)N[C@H](C(=O)N2C[C@H](ON=C3c4ccccc4-c4ccccc43)CC2C(=O)N[C@@]2(C(=O)NS(=O)(=O)C3CC3)C[C@H]2C(F)F)C(C)(C)C)on1. The number of oxime groups is 1. The number of hydrogen-bond donors (Lipinski definition) is 3. The Morgan fingerprint density at radius 1 is 1.02 bits per heavy atom. The first-order valence-electron chi connectivity index (χ1n) is 17.6. The molecule has 0 radical (unpaired) electrons. The van der Waals surface area contributed by atoms with Gasteiger partial charge in [-0.05, 0) is 42.7 Å². The number of aromatic nitrogens is 1. The highest BCUT2D eigenvalue weighted by atomic mass is 32.2. The second-order valence-corrected chi connectivity index (χ2v) is 17.3. The van der Waals surface area contributed by atoms with E-state index in [1.54, 1.807) is 27.7 Å². The molecule has 2 heterocycles. The molecule has 4 aliphatic rings. The molecule has 3 fully saturated rings. The molecule has 3 N–H and O–H groups in total. The number of halogens is 2. The molecule has 1 aromatic heterocycles. The largest absolute Gasteiger partial charge is 0.390 e. The molecule has 54 heavy (non-hydrogen) atoms. The van der Waals surface area contributed by atoms with Crippen LogP contribution in [0.15, 0.2) is 64.3 Å². The number of rotatable bonds is 11. The molecule has 17 heteroatoms. The lowest BCUT2D eigenvalue weighted by Crippen LogP contribution is -2.60. The van der Waals surface area contributed by atoms with Gasteiger partial charge in [0.25, 0.3) is 11.8 Å². The van der Waals surface area contributed by atoms with Crippen molar-refractivity contribution >= 4 is 39.4 Å². The molecule has 3 aromatic rings. The second-order valence-electron chi connectivity index (χ2n) is 15.4. The number of nitrogens with zero attached hydrogens (tertiary/aromatic N) is 3. The Balaban J connectivity index is 1.18. The molecular weight excluding hydrogens is 727 g/mol. The van der Waals surface area contributed by atoms with Crippen LogP contribution >= 0.6 is 0 Å². The van der Waals surface area contributed by atoms with Crippen molar-refractivity contribution in [1.82, 2.24) is 25.4 Å². The Morgan fingerprint density at radius 2 is 1.63 bits per heavy atom. The number of hydrogen-bond acceptors (Lipinski definition) is 10. The van der Waals surface area contributed by atoms with E-state index in [1.165, 1.54) is 11.0 Å². The minimum Gasteiger partial charge on any atom is -0.390 e. The van der Waals surface area contributed by atoms with Gasteiger partial charge in [0.05, 0.1) is 23.4 Å². The predicted molar refractivity (Wildman–Crippen MR) is 190 cm³/mol. The Kier molecular flexibility index (Phi) is 9.34. The van der Waals surface area contributed by atoms with Crippen molar-refractivity contribution in [3.63, 3.8) is 0 Å². The molecule has 7 rings (SSSR count). The van der Waals surface area contributed by atoms with Crippen LogP contribution in [-0.4, -0.2) is 89.8 Å². The quantitative estimate of drug-likeness (QED) is 0.193. The number of amides is 4. The topological polar surface area (TPSA) is 189 Å². The van der Waals surface area contributed by atoms with Crippen molar-refractivity contribution in [2.24, 2.45) is 16.5 Å². The monoisotopic (exact) mass is 766 g/mol. The molecular formula is C37H40F2N6O8S. The Bertz CT molecular complexity index is 2120. The molecule has 5 atom stereocenters. The number of alkyl halides is 2. The van der Waals surface area contributed by atoms with Crippen molar-refractivity contribution in [3.8, 4) is 11.1 Å². The third-order valence-electron chi connectivity index (χ3n) is 10.3. The highest BCUT2D eigenvalue weighted by molar-refractivity contribution is 7.91. The third kappa shape index (κ3) is 6.96. The highest BCUT2D eigenvalue weighted by Crippen LogP contribution is 2.48. The first kappa shape index (κ1) is 37.1. The van der Waals surface area contributed by atoms with Crippen LogP contribution in [0.2, 0.25) is 0 Å². The molecule has 14 nitrogen and oxygen atoms in total. The van der Waals surface area contributed by atoms with Gasteiger partial charge < -0.3 is 24.9 Å². The van der Waals surface area contributed by atoms with Crippen molar-refractivity contribution in [2.45, 2.75) is 88.8 Å². The van der Waals surface area contributed by atoms with Crippen molar-refractivity contribution in [1.29, 1.82) is 0 Å². The summed E-state index contributed by atoms with van der Waals surface area (Å²) in [6.45, 7) is 6.55. The maximum Gasteiger partial charge on any atom is 0.290 e. The fraction of sp³-hybridized carbons (Fsp3) is 0.459. The summed E-state index contributed by atoms with van der Waals surface area (Å²) in [5.74, 6) is -5.45. The van der Waals surface area contributed by atoms with Crippen LogP contribution in [0, 0.1) is 18.3 Å². The number of carbonyl (C=O) groups is 4. The lowest BCUT2D eigenvalue weighted by molar-refractivity contribution is -0.143. The van der Waals surface area contributed by atoms with Crippen molar-refractivity contribution in [2.75, 3.05) is 6.54 Å². The molecule has 3 aliphatic carbocycles. The van der Waals surface area contributed by atoms with Gasteiger partial charge in [-0.15, -0.1) is 0 Å². The van der Waals surface area contributed by atoms with E-state index in [-0.39, 0.29) is 18.7 Å². The first-order chi connectivity index (χ1) is 25.5. The summed E-state index contributed by atoms with van der Waals surface area (Å²) >= 11 is 0.